The van der Waals surface area contributed by atoms with Crippen LogP contribution >= 0.6 is 11.8 Å². The van der Waals surface area contributed by atoms with Gasteiger partial charge in [-0.15, -0.1) is 0 Å². The predicted molar refractivity (Wildman–Crippen MR) is 88.2 cm³/mol. The highest BCUT2D eigenvalue weighted by Crippen LogP contribution is 2.30. The number of carbonyl (C=O) groups is 1. The van der Waals surface area contributed by atoms with Crippen LogP contribution in [0.2, 0.25) is 0 Å². The summed E-state index contributed by atoms with van der Waals surface area (Å²) in [6.45, 7) is 11.0. The standard InChI is InChI=1S/C15H29N3OS/c1-5-12(6-2)13-10-18-15(20-13)16-8-7-14(19)17-9-11(3)4/h11-13H,5-10H2,1-4H3,(H,16,18)(H,17,19). The zero-order chi connectivity index (χ0) is 15.0. The molecule has 4 nitrogen and oxygen atoms in total. The third-order valence-corrected chi connectivity index (χ3v) is 4.92. The number of thioether (sulfide) groups is 1. The van der Waals surface area contributed by atoms with Crippen molar-refractivity contribution in [2.24, 2.45) is 16.8 Å². The van der Waals surface area contributed by atoms with Crippen molar-refractivity contribution in [2.45, 2.75) is 52.2 Å². The van der Waals surface area contributed by atoms with Gasteiger partial charge in [0, 0.05) is 24.8 Å². The van der Waals surface area contributed by atoms with Crippen molar-refractivity contribution in [3.8, 4) is 0 Å². The highest BCUT2D eigenvalue weighted by Gasteiger charge is 2.25. The summed E-state index contributed by atoms with van der Waals surface area (Å²) in [6, 6.07) is 0. The Bertz CT molecular complexity index is 327. The van der Waals surface area contributed by atoms with Crippen molar-refractivity contribution in [1.82, 2.24) is 10.6 Å². The number of hydrogen-bond donors (Lipinski definition) is 2. The van der Waals surface area contributed by atoms with Crippen LogP contribution in [0.4, 0.5) is 0 Å². The summed E-state index contributed by atoms with van der Waals surface area (Å²) in [7, 11) is 0. The van der Waals surface area contributed by atoms with E-state index in [-0.39, 0.29) is 5.91 Å². The first-order valence-corrected chi connectivity index (χ1v) is 8.66. The monoisotopic (exact) mass is 299 g/mol. The van der Waals surface area contributed by atoms with Gasteiger partial charge in [0.1, 0.15) is 0 Å². The van der Waals surface area contributed by atoms with Crippen molar-refractivity contribution in [1.29, 1.82) is 0 Å². The molecular weight excluding hydrogens is 270 g/mol. The molecule has 0 aromatic rings. The first-order valence-electron chi connectivity index (χ1n) is 7.78. The summed E-state index contributed by atoms with van der Waals surface area (Å²) in [5.41, 5.74) is 0. The Labute approximate surface area is 127 Å². The largest absolute Gasteiger partial charge is 0.364 e. The molecule has 1 atom stereocenters. The van der Waals surface area contributed by atoms with Crippen molar-refractivity contribution in [3.63, 3.8) is 0 Å². The minimum Gasteiger partial charge on any atom is -0.364 e. The maximum atomic E-state index is 11.6. The van der Waals surface area contributed by atoms with E-state index >= 15 is 0 Å². The maximum absolute atomic E-state index is 11.6. The number of rotatable bonds is 8. The lowest BCUT2D eigenvalue weighted by molar-refractivity contribution is -0.121. The summed E-state index contributed by atoms with van der Waals surface area (Å²) >= 11 is 1.85. The van der Waals surface area contributed by atoms with Crippen LogP contribution in [-0.2, 0) is 4.79 Å². The molecular formula is C15H29N3OS. The molecule has 1 amide bonds. The number of amidine groups is 1. The summed E-state index contributed by atoms with van der Waals surface area (Å²) < 4.78 is 0. The molecule has 5 heteroatoms. The van der Waals surface area contributed by atoms with Crippen LogP contribution < -0.4 is 10.6 Å². The molecule has 1 unspecified atom stereocenters. The number of nitrogens with one attached hydrogen (secondary N) is 2. The van der Waals surface area contributed by atoms with Crippen molar-refractivity contribution in [3.05, 3.63) is 0 Å². The highest BCUT2D eigenvalue weighted by atomic mass is 32.2. The van der Waals surface area contributed by atoms with Crippen LogP contribution in [0.25, 0.3) is 0 Å². The zero-order valence-corrected chi connectivity index (χ0v) is 14.1. The number of carbonyl (C=O) groups excluding carboxylic acids is 1. The van der Waals surface area contributed by atoms with Gasteiger partial charge in [0.05, 0.1) is 6.54 Å². The van der Waals surface area contributed by atoms with E-state index in [9.17, 15) is 4.79 Å². The Balaban J connectivity index is 2.16. The molecule has 0 aromatic carbocycles. The van der Waals surface area contributed by atoms with E-state index in [1.54, 1.807) is 0 Å². The van der Waals surface area contributed by atoms with E-state index in [0.29, 0.717) is 24.1 Å². The fourth-order valence-corrected chi connectivity index (χ4v) is 3.59. The summed E-state index contributed by atoms with van der Waals surface area (Å²) in [4.78, 5) is 16.1. The quantitative estimate of drug-likeness (QED) is 0.724. The minimum atomic E-state index is 0.117. The maximum Gasteiger partial charge on any atom is 0.221 e. The smallest absolute Gasteiger partial charge is 0.221 e. The number of amides is 1. The average Bonchev–Trinajstić information content (AvgIpc) is 2.86. The van der Waals surface area contributed by atoms with Gasteiger partial charge >= 0.3 is 0 Å². The van der Waals surface area contributed by atoms with Crippen molar-refractivity contribution < 1.29 is 4.79 Å². The predicted octanol–water partition coefficient (Wildman–Crippen LogP) is 2.65. The SMILES string of the molecule is CCC(CC)C1CN=C(NCCC(=O)NCC(C)C)S1. The lowest BCUT2D eigenvalue weighted by Gasteiger charge is -2.18. The van der Waals surface area contributed by atoms with Gasteiger partial charge in [-0.3, -0.25) is 9.79 Å². The fraction of sp³-hybridized carbons (Fsp3) is 0.867. The van der Waals surface area contributed by atoms with Crippen molar-refractivity contribution in [2.75, 3.05) is 19.6 Å². The molecule has 0 saturated heterocycles. The molecule has 2 N–H and O–H groups in total. The molecule has 0 fully saturated rings. The van der Waals surface area contributed by atoms with E-state index in [1.165, 1.54) is 12.8 Å². The Morgan fingerprint density at radius 2 is 2.10 bits per heavy atom. The molecule has 0 saturated carbocycles. The molecule has 1 aliphatic heterocycles. The van der Waals surface area contributed by atoms with Crippen LogP contribution in [0.3, 0.4) is 0 Å². The van der Waals surface area contributed by atoms with Gasteiger partial charge in [0.2, 0.25) is 5.91 Å². The van der Waals surface area contributed by atoms with Crippen LogP contribution in [0.15, 0.2) is 4.99 Å². The second kappa shape index (κ2) is 9.27. The first kappa shape index (κ1) is 17.3. The Kier molecular flexibility index (Phi) is 8.04. The van der Waals surface area contributed by atoms with Gasteiger partial charge < -0.3 is 10.6 Å². The Morgan fingerprint density at radius 3 is 2.70 bits per heavy atom. The zero-order valence-electron chi connectivity index (χ0n) is 13.2. The van der Waals surface area contributed by atoms with E-state index < -0.39 is 0 Å². The summed E-state index contributed by atoms with van der Waals surface area (Å²) in [6.07, 6.45) is 2.95. The normalized spacial score (nSPS) is 18.5. The highest BCUT2D eigenvalue weighted by molar-refractivity contribution is 8.14. The van der Waals surface area contributed by atoms with Crippen LogP contribution in [0.5, 0.6) is 0 Å². The van der Waals surface area contributed by atoms with Gasteiger partial charge in [-0.1, -0.05) is 52.3 Å². The molecule has 0 radical (unpaired) electrons. The number of hydrogen-bond acceptors (Lipinski definition) is 4. The molecule has 0 bridgehead atoms. The Hall–Kier alpha value is -0.710. The topological polar surface area (TPSA) is 53.5 Å². The van der Waals surface area contributed by atoms with Crippen molar-refractivity contribution >= 4 is 22.8 Å². The second-order valence-electron chi connectivity index (χ2n) is 5.75. The summed E-state index contributed by atoms with van der Waals surface area (Å²) in [5, 5.41) is 7.84. The molecule has 1 rings (SSSR count). The van der Waals surface area contributed by atoms with E-state index in [0.717, 1.165) is 24.2 Å². The van der Waals surface area contributed by atoms with Crippen LogP contribution in [0, 0.1) is 11.8 Å². The van der Waals surface area contributed by atoms with Crippen LogP contribution in [-0.4, -0.2) is 36.0 Å². The minimum absolute atomic E-state index is 0.117. The molecule has 1 aliphatic rings. The molecule has 0 aliphatic carbocycles. The number of nitrogens with zero attached hydrogens (tertiary/aromatic N) is 1. The van der Waals surface area contributed by atoms with Gasteiger partial charge in [-0.25, -0.2) is 0 Å². The van der Waals surface area contributed by atoms with Gasteiger partial charge in [-0.05, 0) is 11.8 Å². The lowest BCUT2D eigenvalue weighted by Crippen LogP contribution is -2.31. The number of aliphatic imine (C=N–C) groups is 1. The molecule has 20 heavy (non-hydrogen) atoms. The second-order valence-corrected chi connectivity index (χ2v) is 6.98. The molecule has 116 valence electrons. The third kappa shape index (κ3) is 6.16. The molecule has 0 aromatic heterocycles. The first-order chi connectivity index (χ1) is 9.56. The lowest BCUT2D eigenvalue weighted by atomic mass is 9.99. The van der Waals surface area contributed by atoms with Crippen LogP contribution in [0.1, 0.15) is 47.0 Å². The van der Waals surface area contributed by atoms with E-state index in [2.05, 4.69) is 43.3 Å². The van der Waals surface area contributed by atoms with E-state index in [4.69, 9.17) is 0 Å². The van der Waals surface area contributed by atoms with E-state index in [1.807, 2.05) is 11.8 Å². The third-order valence-electron chi connectivity index (χ3n) is 3.59. The average molecular weight is 299 g/mol. The molecule has 0 spiro atoms. The van der Waals surface area contributed by atoms with Gasteiger partial charge in [-0.2, -0.15) is 0 Å². The molecule has 1 heterocycles. The summed E-state index contributed by atoms with van der Waals surface area (Å²) in [5.74, 6) is 1.37. The fourth-order valence-electron chi connectivity index (χ4n) is 2.24. The van der Waals surface area contributed by atoms with Gasteiger partial charge in [0.25, 0.3) is 0 Å². The Morgan fingerprint density at radius 1 is 1.40 bits per heavy atom. The van der Waals surface area contributed by atoms with Gasteiger partial charge in [0.15, 0.2) is 5.17 Å².